The molecule has 0 saturated carbocycles. The number of hydrogen-bond acceptors (Lipinski definition) is 4. The molecule has 1 unspecified atom stereocenters. The molecule has 6 nitrogen and oxygen atoms in total. The molecule has 4 rings (SSSR count). The number of anilines is 2. The standard InChI is InChI=1S/C21H29N5O.ClH/c1-16-7-11-25(12-8-16)18-5-2-4-17(14-18)23-21(27)20-9-13-26(24-20)19-6-3-10-22-15-19;/h2,4-5,9,13-14,16,19,22H,3,6-8,10-12,15H2,1H3,(H,23,27);1H. The van der Waals surface area contributed by atoms with Crippen LogP contribution in [0.4, 0.5) is 11.4 Å². The third kappa shape index (κ3) is 4.86. The van der Waals surface area contributed by atoms with Crippen LogP contribution in [0.3, 0.4) is 0 Å². The summed E-state index contributed by atoms with van der Waals surface area (Å²) in [6.45, 7) is 6.46. The van der Waals surface area contributed by atoms with Gasteiger partial charge in [-0.15, -0.1) is 12.4 Å². The quantitative estimate of drug-likeness (QED) is 0.816. The third-order valence-corrected chi connectivity index (χ3v) is 5.74. The van der Waals surface area contributed by atoms with Crippen LogP contribution in [0.15, 0.2) is 36.5 Å². The highest BCUT2D eigenvalue weighted by Gasteiger charge is 2.19. The predicted molar refractivity (Wildman–Crippen MR) is 116 cm³/mol. The lowest BCUT2D eigenvalue weighted by atomic mass is 9.99. The number of benzene rings is 1. The highest BCUT2D eigenvalue weighted by Crippen LogP contribution is 2.25. The monoisotopic (exact) mass is 403 g/mol. The second-order valence-corrected chi connectivity index (χ2v) is 7.86. The Morgan fingerprint density at radius 2 is 2.04 bits per heavy atom. The van der Waals surface area contributed by atoms with Crippen LogP contribution in [-0.2, 0) is 0 Å². The molecule has 1 aromatic heterocycles. The van der Waals surface area contributed by atoms with Gasteiger partial charge in [0.1, 0.15) is 0 Å². The summed E-state index contributed by atoms with van der Waals surface area (Å²) in [7, 11) is 0. The lowest BCUT2D eigenvalue weighted by Gasteiger charge is -2.32. The van der Waals surface area contributed by atoms with Crippen molar-refractivity contribution in [3.63, 3.8) is 0 Å². The van der Waals surface area contributed by atoms with Crippen molar-refractivity contribution >= 4 is 29.7 Å². The molecule has 0 aliphatic carbocycles. The summed E-state index contributed by atoms with van der Waals surface area (Å²) >= 11 is 0. The normalized spacial score (nSPS) is 20.5. The van der Waals surface area contributed by atoms with E-state index in [-0.39, 0.29) is 18.3 Å². The molecule has 2 aliphatic rings. The molecule has 1 amide bonds. The van der Waals surface area contributed by atoms with Crippen LogP contribution >= 0.6 is 12.4 Å². The SMILES string of the molecule is CC1CCN(c2cccc(NC(=O)c3ccn(C4CCCNC4)n3)c2)CC1.Cl. The third-order valence-electron chi connectivity index (χ3n) is 5.74. The van der Waals surface area contributed by atoms with Crippen LogP contribution in [0.1, 0.15) is 49.1 Å². The fourth-order valence-electron chi connectivity index (χ4n) is 3.96. The summed E-state index contributed by atoms with van der Waals surface area (Å²) in [6, 6.07) is 10.3. The van der Waals surface area contributed by atoms with Crippen molar-refractivity contribution in [3.05, 3.63) is 42.2 Å². The summed E-state index contributed by atoms with van der Waals surface area (Å²) in [4.78, 5) is 15.0. The zero-order valence-corrected chi connectivity index (χ0v) is 17.3. The molecule has 0 radical (unpaired) electrons. The summed E-state index contributed by atoms with van der Waals surface area (Å²) in [6.07, 6.45) is 6.62. The van der Waals surface area contributed by atoms with Gasteiger partial charge < -0.3 is 15.5 Å². The summed E-state index contributed by atoms with van der Waals surface area (Å²) in [5, 5.41) is 10.9. The van der Waals surface area contributed by atoms with E-state index in [1.54, 1.807) is 6.07 Å². The maximum absolute atomic E-state index is 12.6. The zero-order valence-electron chi connectivity index (χ0n) is 16.4. The maximum Gasteiger partial charge on any atom is 0.276 e. The Morgan fingerprint density at radius 3 is 2.79 bits per heavy atom. The molecule has 2 N–H and O–H groups in total. The van der Waals surface area contributed by atoms with Crippen molar-refractivity contribution in [2.45, 2.75) is 38.6 Å². The van der Waals surface area contributed by atoms with E-state index in [2.05, 4.69) is 39.7 Å². The average molecular weight is 404 g/mol. The number of amides is 1. The fourth-order valence-corrected chi connectivity index (χ4v) is 3.96. The number of carbonyl (C=O) groups is 1. The second kappa shape index (κ2) is 9.43. The Bertz CT molecular complexity index is 779. The molecule has 0 bridgehead atoms. The fraction of sp³-hybridized carbons (Fsp3) is 0.524. The van der Waals surface area contributed by atoms with Crippen LogP contribution in [0.5, 0.6) is 0 Å². The van der Waals surface area contributed by atoms with Crippen LogP contribution in [-0.4, -0.2) is 41.9 Å². The van der Waals surface area contributed by atoms with Crippen molar-refractivity contribution in [3.8, 4) is 0 Å². The van der Waals surface area contributed by atoms with E-state index >= 15 is 0 Å². The van der Waals surface area contributed by atoms with Gasteiger partial charge in [-0.2, -0.15) is 5.10 Å². The van der Waals surface area contributed by atoms with E-state index in [1.165, 1.54) is 18.5 Å². The van der Waals surface area contributed by atoms with Crippen LogP contribution < -0.4 is 15.5 Å². The molecule has 152 valence electrons. The lowest BCUT2D eigenvalue weighted by Crippen LogP contribution is -2.32. The first-order valence-corrected chi connectivity index (χ1v) is 10.1. The van der Waals surface area contributed by atoms with E-state index in [4.69, 9.17) is 0 Å². The predicted octanol–water partition coefficient (Wildman–Crippen LogP) is 3.72. The van der Waals surface area contributed by atoms with Crippen molar-refractivity contribution in [2.24, 2.45) is 5.92 Å². The van der Waals surface area contributed by atoms with Gasteiger partial charge in [0.05, 0.1) is 6.04 Å². The number of carbonyl (C=O) groups excluding carboxylic acids is 1. The summed E-state index contributed by atoms with van der Waals surface area (Å²) < 4.78 is 1.92. The summed E-state index contributed by atoms with van der Waals surface area (Å²) in [5.74, 6) is 0.653. The van der Waals surface area contributed by atoms with Crippen LogP contribution in [0.25, 0.3) is 0 Å². The van der Waals surface area contributed by atoms with Gasteiger partial charge in [-0.25, -0.2) is 0 Å². The average Bonchev–Trinajstić information content (AvgIpc) is 3.20. The molecule has 3 heterocycles. The van der Waals surface area contributed by atoms with Crippen LogP contribution in [0, 0.1) is 5.92 Å². The number of hydrogen-bond donors (Lipinski definition) is 2. The second-order valence-electron chi connectivity index (χ2n) is 7.86. The molecule has 0 spiro atoms. The van der Waals surface area contributed by atoms with E-state index in [0.29, 0.717) is 11.7 Å². The maximum atomic E-state index is 12.6. The van der Waals surface area contributed by atoms with Crippen molar-refractivity contribution in [1.82, 2.24) is 15.1 Å². The molecule has 1 aromatic carbocycles. The van der Waals surface area contributed by atoms with E-state index < -0.39 is 0 Å². The number of piperidine rings is 2. The van der Waals surface area contributed by atoms with Gasteiger partial charge in [0.25, 0.3) is 5.91 Å². The molecule has 2 fully saturated rings. The molecule has 2 aliphatic heterocycles. The number of nitrogens with one attached hydrogen (secondary N) is 2. The van der Waals surface area contributed by atoms with Gasteiger partial charge in [-0.1, -0.05) is 13.0 Å². The largest absolute Gasteiger partial charge is 0.371 e. The lowest BCUT2D eigenvalue weighted by molar-refractivity contribution is 0.102. The first kappa shape index (κ1) is 20.7. The number of nitrogens with zero attached hydrogens (tertiary/aromatic N) is 3. The minimum Gasteiger partial charge on any atom is -0.371 e. The minimum atomic E-state index is -0.151. The van der Waals surface area contributed by atoms with Gasteiger partial charge in [0.15, 0.2) is 5.69 Å². The molecule has 2 aromatic rings. The summed E-state index contributed by atoms with van der Waals surface area (Å²) in [5.41, 5.74) is 2.47. The van der Waals surface area contributed by atoms with Gasteiger partial charge in [-0.05, 0) is 62.4 Å². The van der Waals surface area contributed by atoms with Gasteiger partial charge >= 0.3 is 0 Å². The Hall–Kier alpha value is -2.05. The highest BCUT2D eigenvalue weighted by molar-refractivity contribution is 6.03. The Kier molecular flexibility index (Phi) is 6.97. The smallest absolute Gasteiger partial charge is 0.276 e. The molecular formula is C21H30ClN5O. The van der Waals surface area contributed by atoms with Gasteiger partial charge in [0.2, 0.25) is 0 Å². The Morgan fingerprint density at radius 1 is 1.21 bits per heavy atom. The highest BCUT2D eigenvalue weighted by atomic mass is 35.5. The number of halogens is 1. The van der Waals surface area contributed by atoms with E-state index in [9.17, 15) is 4.79 Å². The zero-order chi connectivity index (χ0) is 18.6. The molecule has 28 heavy (non-hydrogen) atoms. The van der Waals surface area contributed by atoms with Crippen molar-refractivity contribution in [1.29, 1.82) is 0 Å². The molecule has 7 heteroatoms. The first-order chi connectivity index (χ1) is 13.2. The first-order valence-electron chi connectivity index (χ1n) is 10.1. The Labute approximate surface area is 173 Å². The minimum absolute atomic E-state index is 0. The molecule has 1 atom stereocenters. The topological polar surface area (TPSA) is 62.2 Å². The van der Waals surface area contributed by atoms with Gasteiger partial charge in [-0.3, -0.25) is 9.48 Å². The number of rotatable bonds is 4. The van der Waals surface area contributed by atoms with Gasteiger partial charge in [0, 0.05) is 37.2 Å². The van der Waals surface area contributed by atoms with Crippen molar-refractivity contribution < 1.29 is 4.79 Å². The van der Waals surface area contributed by atoms with Crippen LogP contribution in [0.2, 0.25) is 0 Å². The Balaban J connectivity index is 0.00000225. The molecule has 2 saturated heterocycles. The van der Waals surface area contributed by atoms with Crippen molar-refractivity contribution in [2.75, 3.05) is 36.4 Å². The van der Waals surface area contributed by atoms with E-state index in [0.717, 1.165) is 50.6 Å². The molecular weight excluding hydrogens is 374 g/mol. The van der Waals surface area contributed by atoms with E-state index in [1.807, 2.05) is 23.0 Å². The number of aromatic nitrogens is 2.